The van der Waals surface area contributed by atoms with Crippen molar-refractivity contribution in [2.45, 2.75) is 38.5 Å². The predicted octanol–water partition coefficient (Wildman–Crippen LogP) is 2.46. The first-order valence-electron chi connectivity index (χ1n) is 9.28. The van der Waals surface area contributed by atoms with Crippen molar-refractivity contribution in [3.8, 4) is 11.5 Å². The van der Waals surface area contributed by atoms with Crippen LogP contribution in [0.5, 0.6) is 0 Å². The van der Waals surface area contributed by atoms with Gasteiger partial charge in [-0.15, -0.1) is 0 Å². The van der Waals surface area contributed by atoms with Crippen LogP contribution in [0.3, 0.4) is 0 Å². The van der Waals surface area contributed by atoms with Crippen LogP contribution in [-0.2, 0) is 18.3 Å². The van der Waals surface area contributed by atoms with Crippen molar-refractivity contribution < 1.29 is 4.79 Å². The zero-order chi connectivity index (χ0) is 17.2. The van der Waals surface area contributed by atoms with Gasteiger partial charge in [0.2, 0.25) is 5.91 Å². The van der Waals surface area contributed by atoms with E-state index in [9.17, 15) is 4.79 Å². The number of amides is 1. The van der Waals surface area contributed by atoms with E-state index in [1.54, 1.807) is 12.5 Å². The summed E-state index contributed by atoms with van der Waals surface area (Å²) in [5, 5.41) is 0. The number of likely N-dealkylation sites (tertiary alicyclic amines) is 1. The molecule has 6 nitrogen and oxygen atoms in total. The third-order valence-corrected chi connectivity index (χ3v) is 5.65. The Labute approximate surface area is 148 Å². The van der Waals surface area contributed by atoms with E-state index in [4.69, 9.17) is 0 Å². The van der Waals surface area contributed by atoms with Crippen molar-refractivity contribution in [2.24, 2.45) is 18.9 Å². The Hall–Kier alpha value is -2.24. The highest BCUT2D eigenvalue weighted by Gasteiger charge is 2.31. The van der Waals surface area contributed by atoms with E-state index in [1.807, 2.05) is 23.9 Å². The zero-order valence-corrected chi connectivity index (χ0v) is 14.8. The van der Waals surface area contributed by atoms with Gasteiger partial charge in [0, 0.05) is 44.1 Å². The molecule has 25 heavy (non-hydrogen) atoms. The summed E-state index contributed by atoms with van der Waals surface area (Å²) >= 11 is 0. The number of carbonyl (C=O) groups excluding carboxylic acids is 1. The normalized spacial score (nSPS) is 19.0. The van der Waals surface area contributed by atoms with E-state index in [0.717, 1.165) is 62.4 Å². The number of rotatable bonds is 4. The first-order chi connectivity index (χ1) is 12.2. The van der Waals surface area contributed by atoms with Gasteiger partial charge in [-0.3, -0.25) is 4.79 Å². The number of imidazole rings is 1. The molecule has 6 heteroatoms. The average molecular weight is 339 g/mol. The molecule has 2 aliphatic rings. The van der Waals surface area contributed by atoms with E-state index < -0.39 is 0 Å². The van der Waals surface area contributed by atoms with Gasteiger partial charge in [-0.25, -0.2) is 15.0 Å². The van der Waals surface area contributed by atoms with Crippen molar-refractivity contribution in [3.05, 3.63) is 30.5 Å². The van der Waals surface area contributed by atoms with Gasteiger partial charge < -0.3 is 9.47 Å². The molecule has 4 rings (SSSR count). The van der Waals surface area contributed by atoms with Crippen LogP contribution in [0.25, 0.3) is 11.5 Å². The summed E-state index contributed by atoms with van der Waals surface area (Å²) in [5.74, 6) is 2.17. The Balaban J connectivity index is 1.36. The van der Waals surface area contributed by atoms with E-state index in [2.05, 4.69) is 19.9 Å². The first kappa shape index (κ1) is 16.2. The van der Waals surface area contributed by atoms with Crippen LogP contribution in [0.15, 0.2) is 24.8 Å². The Morgan fingerprint density at radius 3 is 2.60 bits per heavy atom. The van der Waals surface area contributed by atoms with Gasteiger partial charge in [0.25, 0.3) is 0 Å². The van der Waals surface area contributed by atoms with Gasteiger partial charge in [0.15, 0.2) is 5.82 Å². The Morgan fingerprint density at radius 2 is 1.96 bits per heavy atom. The fraction of sp³-hybridized carbons (Fsp3) is 0.579. The Bertz CT molecular complexity index is 744. The highest BCUT2D eigenvalue weighted by atomic mass is 16.2. The number of aromatic nitrogens is 4. The van der Waals surface area contributed by atoms with Gasteiger partial charge in [-0.2, -0.15) is 0 Å². The lowest BCUT2D eigenvalue weighted by Gasteiger charge is -2.36. The zero-order valence-electron chi connectivity index (χ0n) is 14.8. The van der Waals surface area contributed by atoms with E-state index >= 15 is 0 Å². The van der Waals surface area contributed by atoms with Crippen LogP contribution in [0.4, 0.5) is 0 Å². The molecular weight excluding hydrogens is 314 g/mol. The number of nitrogens with zero attached hydrogens (tertiary/aromatic N) is 5. The van der Waals surface area contributed by atoms with Gasteiger partial charge >= 0.3 is 0 Å². The van der Waals surface area contributed by atoms with E-state index in [-0.39, 0.29) is 0 Å². The molecule has 2 fully saturated rings. The second-order valence-corrected chi connectivity index (χ2v) is 7.36. The van der Waals surface area contributed by atoms with Crippen LogP contribution in [-0.4, -0.2) is 43.4 Å². The molecule has 1 amide bonds. The third-order valence-electron chi connectivity index (χ3n) is 5.65. The van der Waals surface area contributed by atoms with Crippen LogP contribution < -0.4 is 0 Å². The number of carbonyl (C=O) groups is 1. The molecule has 0 atom stereocenters. The molecule has 0 spiro atoms. The number of hydrogen-bond donors (Lipinski definition) is 0. The van der Waals surface area contributed by atoms with Gasteiger partial charge in [-0.05, 0) is 44.1 Å². The monoisotopic (exact) mass is 339 g/mol. The molecule has 0 unspecified atom stereocenters. The topological polar surface area (TPSA) is 63.9 Å². The van der Waals surface area contributed by atoms with E-state index in [1.165, 1.54) is 6.42 Å². The number of hydrogen-bond acceptors (Lipinski definition) is 4. The third kappa shape index (κ3) is 3.43. The lowest BCUT2D eigenvalue weighted by Crippen LogP contribution is -2.43. The van der Waals surface area contributed by atoms with Crippen LogP contribution >= 0.6 is 0 Å². The van der Waals surface area contributed by atoms with Crippen molar-refractivity contribution in [3.63, 3.8) is 0 Å². The van der Waals surface area contributed by atoms with Crippen LogP contribution in [0, 0.1) is 11.8 Å². The number of piperidine rings is 1. The van der Waals surface area contributed by atoms with E-state index in [0.29, 0.717) is 17.7 Å². The summed E-state index contributed by atoms with van der Waals surface area (Å²) in [5.41, 5.74) is 1.94. The highest BCUT2D eigenvalue weighted by molar-refractivity contribution is 5.79. The quantitative estimate of drug-likeness (QED) is 0.858. The smallest absolute Gasteiger partial charge is 0.225 e. The Kier molecular flexibility index (Phi) is 4.51. The summed E-state index contributed by atoms with van der Waals surface area (Å²) in [6.45, 7) is 1.80. The minimum atomic E-state index is 0.318. The molecule has 0 radical (unpaired) electrons. The number of aryl methyl sites for hydroxylation is 1. The van der Waals surface area contributed by atoms with Crippen LogP contribution in [0.1, 0.15) is 37.8 Å². The maximum Gasteiger partial charge on any atom is 0.225 e. The van der Waals surface area contributed by atoms with Crippen molar-refractivity contribution in [2.75, 3.05) is 13.1 Å². The molecular formula is C19H25N5O. The lowest BCUT2D eigenvalue weighted by atomic mass is 9.83. The van der Waals surface area contributed by atoms with Gasteiger partial charge in [0.1, 0.15) is 12.0 Å². The molecule has 1 aliphatic heterocycles. The maximum absolute atomic E-state index is 12.3. The summed E-state index contributed by atoms with van der Waals surface area (Å²) in [6, 6.07) is 2.05. The first-order valence-corrected chi connectivity index (χ1v) is 9.28. The van der Waals surface area contributed by atoms with Gasteiger partial charge in [0.05, 0.1) is 0 Å². The molecule has 2 aromatic heterocycles. The highest BCUT2D eigenvalue weighted by Crippen LogP contribution is 2.30. The summed E-state index contributed by atoms with van der Waals surface area (Å²) in [6.07, 6.45) is 11.8. The molecule has 0 aromatic carbocycles. The standard InChI is InChI=1S/C19H25N5O/c1-23-10-7-20-18(23)17-12-16(21-13-22-17)11-14-5-8-24(9-6-14)19(25)15-3-2-4-15/h7,10,12-15H,2-6,8-9,11H2,1H3. The maximum atomic E-state index is 12.3. The fourth-order valence-electron chi connectivity index (χ4n) is 3.81. The molecule has 1 aliphatic carbocycles. The summed E-state index contributed by atoms with van der Waals surface area (Å²) in [4.78, 5) is 27.6. The molecule has 1 saturated heterocycles. The SMILES string of the molecule is Cn1ccnc1-c1cc(CC2CCN(C(=O)C3CCC3)CC2)ncn1. The molecule has 0 bridgehead atoms. The molecule has 132 valence electrons. The molecule has 1 saturated carbocycles. The summed E-state index contributed by atoms with van der Waals surface area (Å²) in [7, 11) is 1.97. The minimum absolute atomic E-state index is 0.318. The largest absolute Gasteiger partial charge is 0.342 e. The molecule has 3 heterocycles. The predicted molar refractivity (Wildman–Crippen MR) is 94.6 cm³/mol. The average Bonchev–Trinajstić information content (AvgIpc) is 3.00. The van der Waals surface area contributed by atoms with Gasteiger partial charge in [-0.1, -0.05) is 6.42 Å². The summed E-state index contributed by atoms with van der Waals surface area (Å²) < 4.78 is 1.97. The van der Waals surface area contributed by atoms with Crippen LogP contribution in [0.2, 0.25) is 0 Å². The second-order valence-electron chi connectivity index (χ2n) is 7.36. The van der Waals surface area contributed by atoms with Crippen molar-refractivity contribution >= 4 is 5.91 Å². The fourth-order valence-corrected chi connectivity index (χ4v) is 3.81. The Morgan fingerprint density at radius 1 is 1.16 bits per heavy atom. The molecule has 2 aromatic rings. The molecule has 0 N–H and O–H groups in total. The van der Waals surface area contributed by atoms with Crippen molar-refractivity contribution in [1.29, 1.82) is 0 Å². The second kappa shape index (κ2) is 6.94. The lowest BCUT2D eigenvalue weighted by molar-refractivity contribution is -0.139. The minimum Gasteiger partial charge on any atom is -0.342 e. The van der Waals surface area contributed by atoms with Crippen molar-refractivity contribution in [1.82, 2.24) is 24.4 Å².